The SMILES string of the molecule is O=c1[nH]c2ccc(S(=O)(=O)N3CCN(c4ccc(F)cc4)CC3)cc2[nH]1. The number of hydrogen-bond acceptors (Lipinski definition) is 4. The first-order valence-corrected chi connectivity index (χ1v) is 9.60. The average Bonchev–Trinajstić information content (AvgIpc) is 3.01. The van der Waals surface area contributed by atoms with Crippen molar-refractivity contribution < 1.29 is 12.8 Å². The number of anilines is 1. The Labute approximate surface area is 149 Å². The van der Waals surface area contributed by atoms with Crippen LogP contribution >= 0.6 is 0 Å². The van der Waals surface area contributed by atoms with Crippen molar-refractivity contribution in [3.05, 3.63) is 58.8 Å². The Hall–Kier alpha value is -2.65. The maximum Gasteiger partial charge on any atom is 0.323 e. The second-order valence-corrected chi connectivity index (χ2v) is 8.09. The molecule has 1 aromatic heterocycles. The molecule has 0 bridgehead atoms. The molecule has 0 atom stereocenters. The van der Waals surface area contributed by atoms with Crippen LogP contribution in [0.2, 0.25) is 0 Å². The molecule has 1 aliphatic heterocycles. The molecule has 1 saturated heterocycles. The van der Waals surface area contributed by atoms with E-state index in [0.717, 1.165) is 5.69 Å². The summed E-state index contributed by atoms with van der Waals surface area (Å²) in [6.45, 7) is 1.71. The van der Waals surface area contributed by atoms with Crippen LogP contribution in [0.4, 0.5) is 10.1 Å². The zero-order valence-corrected chi connectivity index (χ0v) is 14.6. The molecule has 3 aromatic rings. The van der Waals surface area contributed by atoms with Crippen molar-refractivity contribution in [1.29, 1.82) is 0 Å². The molecule has 0 amide bonds. The van der Waals surface area contributed by atoms with Gasteiger partial charge >= 0.3 is 5.69 Å². The van der Waals surface area contributed by atoms with Crippen molar-refractivity contribution in [3.8, 4) is 0 Å². The van der Waals surface area contributed by atoms with Gasteiger partial charge in [0.15, 0.2) is 0 Å². The highest BCUT2D eigenvalue weighted by atomic mass is 32.2. The largest absolute Gasteiger partial charge is 0.369 e. The van der Waals surface area contributed by atoms with Crippen molar-refractivity contribution in [2.75, 3.05) is 31.1 Å². The number of imidazole rings is 1. The van der Waals surface area contributed by atoms with Crippen molar-refractivity contribution in [2.24, 2.45) is 0 Å². The predicted molar refractivity (Wildman–Crippen MR) is 96.3 cm³/mol. The van der Waals surface area contributed by atoms with Crippen molar-refractivity contribution in [3.63, 3.8) is 0 Å². The highest BCUT2D eigenvalue weighted by molar-refractivity contribution is 7.89. The summed E-state index contributed by atoms with van der Waals surface area (Å²) in [5.41, 5.74) is 1.52. The molecule has 0 unspecified atom stereocenters. The second-order valence-electron chi connectivity index (χ2n) is 6.15. The van der Waals surface area contributed by atoms with E-state index in [1.807, 2.05) is 4.90 Å². The van der Waals surface area contributed by atoms with Gasteiger partial charge in [-0.15, -0.1) is 0 Å². The Kier molecular flexibility index (Phi) is 4.04. The molecule has 0 spiro atoms. The first-order valence-electron chi connectivity index (χ1n) is 8.16. The maximum atomic E-state index is 13.0. The van der Waals surface area contributed by atoms with Crippen LogP contribution in [0.5, 0.6) is 0 Å². The number of rotatable bonds is 3. The number of halogens is 1. The van der Waals surface area contributed by atoms with Gasteiger partial charge in [-0.1, -0.05) is 0 Å². The summed E-state index contributed by atoms with van der Waals surface area (Å²) in [5.74, 6) is -0.298. The Bertz CT molecular complexity index is 1100. The molecule has 0 aliphatic carbocycles. The number of fused-ring (bicyclic) bond motifs is 1. The van der Waals surface area contributed by atoms with E-state index in [1.165, 1.54) is 28.6 Å². The zero-order chi connectivity index (χ0) is 18.3. The number of sulfonamides is 1. The lowest BCUT2D eigenvalue weighted by Crippen LogP contribution is -2.48. The van der Waals surface area contributed by atoms with E-state index in [-0.39, 0.29) is 16.4 Å². The molecule has 7 nitrogen and oxygen atoms in total. The van der Waals surface area contributed by atoms with E-state index in [0.29, 0.717) is 37.2 Å². The van der Waals surface area contributed by atoms with Crippen molar-refractivity contribution >= 4 is 26.7 Å². The van der Waals surface area contributed by atoms with Gasteiger partial charge in [-0.25, -0.2) is 17.6 Å². The fraction of sp³-hybridized carbons (Fsp3) is 0.235. The van der Waals surface area contributed by atoms with Gasteiger partial charge in [0, 0.05) is 31.9 Å². The minimum absolute atomic E-state index is 0.149. The number of hydrogen-bond donors (Lipinski definition) is 2. The van der Waals surface area contributed by atoms with Gasteiger partial charge in [0.2, 0.25) is 10.0 Å². The molecule has 0 radical (unpaired) electrons. The molecule has 4 rings (SSSR count). The summed E-state index contributed by atoms with van der Waals surface area (Å²) in [5, 5.41) is 0. The minimum atomic E-state index is -3.65. The molecule has 2 heterocycles. The van der Waals surface area contributed by atoms with E-state index >= 15 is 0 Å². The summed E-state index contributed by atoms with van der Waals surface area (Å²) in [6, 6.07) is 10.7. The molecular weight excluding hydrogens is 359 g/mol. The van der Waals surface area contributed by atoms with E-state index in [2.05, 4.69) is 9.97 Å². The lowest BCUT2D eigenvalue weighted by Gasteiger charge is -2.35. The minimum Gasteiger partial charge on any atom is -0.369 e. The number of aromatic amines is 2. The molecule has 0 saturated carbocycles. The molecule has 1 fully saturated rings. The summed E-state index contributed by atoms with van der Waals surface area (Å²) in [4.78, 5) is 18.7. The van der Waals surface area contributed by atoms with Crippen molar-refractivity contribution in [2.45, 2.75) is 4.90 Å². The van der Waals surface area contributed by atoms with E-state index < -0.39 is 10.0 Å². The highest BCUT2D eigenvalue weighted by Gasteiger charge is 2.29. The molecule has 2 aromatic carbocycles. The second kappa shape index (κ2) is 6.26. The van der Waals surface area contributed by atoms with Gasteiger partial charge in [-0.2, -0.15) is 4.31 Å². The summed E-state index contributed by atoms with van der Waals surface area (Å²) >= 11 is 0. The van der Waals surface area contributed by atoms with E-state index in [4.69, 9.17) is 0 Å². The van der Waals surface area contributed by atoms with Crippen LogP contribution in [0.15, 0.2) is 52.2 Å². The predicted octanol–water partition coefficient (Wildman–Crippen LogP) is 1.51. The Morgan fingerprint density at radius 1 is 0.885 bits per heavy atom. The van der Waals surface area contributed by atoms with Crippen LogP contribution in [0.3, 0.4) is 0 Å². The van der Waals surface area contributed by atoms with E-state index in [1.54, 1.807) is 18.2 Å². The zero-order valence-electron chi connectivity index (χ0n) is 13.8. The highest BCUT2D eigenvalue weighted by Crippen LogP contribution is 2.23. The van der Waals surface area contributed by atoms with Gasteiger partial charge in [0.1, 0.15) is 5.82 Å². The lowest BCUT2D eigenvalue weighted by atomic mass is 10.2. The first-order chi connectivity index (χ1) is 12.4. The Morgan fingerprint density at radius 3 is 2.23 bits per heavy atom. The topological polar surface area (TPSA) is 89.3 Å². The van der Waals surface area contributed by atoms with Gasteiger partial charge in [-0.05, 0) is 42.5 Å². The molecule has 136 valence electrons. The Balaban J connectivity index is 1.53. The summed E-state index contributed by atoms with van der Waals surface area (Å²) < 4.78 is 40.2. The van der Waals surface area contributed by atoms with E-state index in [9.17, 15) is 17.6 Å². The summed E-state index contributed by atoms with van der Waals surface area (Å²) in [7, 11) is -3.65. The van der Waals surface area contributed by atoms with Crippen LogP contribution in [-0.4, -0.2) is 48.9 Å². The fourth-order valence-electron chi connectivity index (χ4n) is 3.16. The smallest absolute Gasteiger partial charge is 0.323 e. The normalized spacial score (nSPS) is 16.3. The third-order valence-electron chi connectivity index (χ3n) is 4.56. The monoisotopic (exact) mass is 376 g/mol. The van der Waals surface area contributed by atoms with Gasteiger partial charge in [-0.3, -0.25) is 0 Å². The molecule has 26 heavy (non-hydrogen) atoms. The maximum absolute atomic E-state index is 13.0. The average molecular weight is 376 g/mol. The molecular formula is C17H17FN4O3S. The number of benzene rings is 2. The van der Waals surface area contributed by atoms with Gasteiger partial charge in [0.05, 0.1) is 15.9 Å². The molecule has 1 aliphatic rings. The van der Waals surface area contributed by atoms with Gasteiger partial charge in [0.25, 0.3) is 0 Å². The van der Waals surface area contributed by atoms with Crippen LogP contribution in [0.1, 0.15) is 0 Å². The van der Waals surface area contributed by atoms with Crippen molar-refractivity contribution in [1.82, 2.24) is 14.3 Å². The third-order valence-corrected chi connectivity index (χ3v) is 6.45. The van der Waals surface area contributed by atoms with Crippen LogP contribution < -0.4 is 10.6 Å². The lowest BCUT2D eigenvalue weighted by molar-refractivity contribution is 0.385. The molecule has 9 heteroatoms. The summed E-state index contributed by atoms with van der Waals surface area (Å²) in [6.07, 6.45) is 0. The van der Waals surface area contributed by atoms with Crippen LogP contribution in [-0.2, 0) is 10.0 Å². The fourth-order valence-corrected chi connectivity index (χ4v) is 4.61. The number of aromatic nitrogens is 2. The van der Waals surface area contributed by atoms with Gasteiger partial charge < -0.3 is 14.9 Å². The molecule has 2 N–H and O–H groups in total. The number of nitrogens with one attached hydrogen (secondary N) is 2. The van der Waals surface area contributed by atoms with Crippen LogP contribution in [0, 0.1) is 5.82 Å². The third kappa shape index (κ3) is 2.99. The number of H-pyrrole nitrogens is 2. The van der Waals surface area contributed by atoms with Crippen LogP contribution in [0.25, 0.3) is 11.0 Å². The quantitative estimate of drug-likeness (QED) is 0.725. The number of piperazine rings is 1. The first kappa shape index (κ1) is 16.8. The Morgan fingerprint density at radius 2 is 1.54 bits per heavy atom. The number of nitrogens with zero attached hydrogens (tertiary/aromatic N) is 2. The standard InChI is InChI=1S/C17H17FN4O3S/c18-12-1-3-13(4-2-12)21-7-9-22(10-8-21)26(24,25)14-5-6-15-16(11-14)20-17(23)19-15/h1-6,11H,7-10H2,(H2,19,20,23).